The topological polar surface area (TPSA) is 39.1 Å². The highest BCUT2D eigenvalue weighted by atomic mass is 16.5. The predicted molar refractivity (Wildman–Crippen MR) is 96.6 cm³/mol. The van der Waals surface area contributed by atoms with E-state index < -0.39 is 0 Å². The maximum atomic E-state index is 5.28. The van der Waals surface area contributed by atoms with Crippen LogP contribution in [0.2, 0.25) is 0 Å². The van der Waals surface area contributed by atoms with Crippen molar-refractivity contribution in [2.75, 3.05) is 12.4 Å². The van der Waals surface area contributed by atoms with Gasteiger partial charge in [-0.15, -0.1) is 0 Å². The number of aromatic nitrogens is 2. The lowest BCUT2D eigenvalue weighted by Gasteiger charge is -2.30. The van der Waals surface area contributed by atoms with E-state index in [0.717, 1.165) is 22.7 Å². The molecule has 1 aromatic heterocycles. The summed E-state index contributed by atoms with van der Waals surface area (Å²) in [4.78, 5) is 0. The van der Waals surface area contributed by atoms with E-state index in [9.17, 15) is 0 Å². The summed E-state index contributed by atoms with van der Waals surface area (Å²) in [6, 6.07) is 14.8. The van der Waals surface area contributed by atoms with Gasteiger partial charge in [-0.25, -0.2) is 4.68 Å². The maximum Gasteiger partial charge on any atom is 0.147 e. The maximum absolute atomic E-state index is 5.28. The zero-order valence-electron chi connectivity index (χ0n) is 14.4. The van der Waals surface area contributed by atoms with E-state index in [1.54, 1.807) is 7.11 Å². The van der Waals surface area contributed by atoms with Gasteiger partial charge in [0.05, 0.1) is 18.5 Å². The molecular weight excluding hydrogens is 298 g/mol. The van der Waals surface area contributed by atoms with Crippen LogP contribution in [0, 0.1) is 20.8 Å². The number of hydrogen-bond donors (Lipinski definition) is 1. The van der Waals surface area contributed by atoms with Crippen molar-refractivity contribution in [1.29, 1.82) is 0 Å². The number of fused-ring (bicyclic) bond motifs is 3. The van der Waals surface area contributed by atoms with Crippen LogP contribution < -0.4 is 10.1 Å². The zero-order valence-corrected chi connectivity index (χ0v) is 14.4. The highest BCUT2D eigenvalue weighted by molar-refractivity contribution is 5.81. The van der Waals surface area contributed by atoms with Crippen LogP contribution in [0.3, 0.4) is 0 Å². The van der Waals surface area contributed by atoms with Gasteiger partial charge in [0.15, 0.2) is 0 Å². The number of rotatable bonds is 2. The van der Waals surface area contributed by atoms with E-state index in [2.05, 4.69) is 54.2 Å². The first-order valence-corrected chi connectivity index (χ1v) is 8.15. The first-order valence-electron chi connectivity index (χ1n) is 8.15. The minimum atomic E-state index is -0.0199. The van der Waals surface area contributed by atoms with Crippen molar-refractivity contribution >= 4 is 5.69 Å². The lowest BCUT2D eigenvalue weighted by atomic mass is 9.98. The number of nitrogens with one attached hydrogen (secondary N) is 1. The highest BCUT2D eigenvalue weighted by Crippen LogP contribution is 2.41. The standard InChI is InChI=1S/C20H21N3O/c1-12-9-13(2)19-17(10-12)18-11-14(3)22-23(18)20(21-19)15-5-7-16(24-4)8-6-15/h5-11,20-21H,1-4H3. The van der Waals surface area contributed by atoms with Gasteiger partial charge in [0.25, 0.3) is 0 Å². The quantitative estimate of drug-likeness (QED) is 0.758. The molecule has 0 amide bonds. The Hall–Kier alpha value is -2.75. The molecule has 1 aliphatic rings. The summed E-state index contributed by atoms with van der Waals surface area (Å²) >= 11 is 0. The smallest absolute Gasteiger partial charge is 0.147 e. The molecule has 0 spiro atoms. The lowest BCUT2D eigenvalue weighted by molar-refractivity contribution is 0.414. The third-order valence-electron chi connectivity index (χ3n) is 4.57. The molecule has 1 aliphatic heterocycles. The van der Waals surface area contributed by atoms with Gasteiger partial charge < -0.3 is 10.1 Å². The molecule has 4 nitrogen and oxygen atoms in total. The Morgan fingerprint density at radius 3 is 2.50 bits per heavy atom. The van der Waals surface area contributed by atoms with Crippen LogP contribution in [-0.2, 0) is 0 Å². The summed E-state index contributed by atoms with van der Waals surface area (Å²) in [5, 5.41) is 8.41. The number of aryl methyl sites for hydroxylation is 3. The Morgan fingerprint density at radius 2 is 1.79 bits per heavy atom. The normalized spacial score (nSPS) is 15.4. The molecule has 0 saturated carbocycles. The number of nitrogens with zero attached hydrogens (tertiary/aromatic N) is 2. The Labute approximate surface area is 142 Å². The fourth-order valence-corrected chi connectivity index (χ4v) is 3.48. The highest BCUT2D eigenvalue weighted by Gasteiger charge is 2.27. The summed E-state index contributed by atoms with van der Waals surface area (Å²) < 4.78 is 7.36. The summed E-state index contributed by atoms with van der Waals surface area (Å²) in [6.07, 6.45) is -0.0199. The molecule has 1 atom stereocenters. The average Bonchev–Trinajstić information content (AvgIpc) is 2.96. The van der Waals surface area contributed by atoms with Crippen molar-refractivity contribution in [3.63, 3.8) is 0 Å². The molecule has 1 N–H and O–H groups in total. The van der Waals surface area contributed by atoms with Crippen molar-refractivity contribution < 1.29 is 4.74 Å². The fraction of sp³-hybridized carbons (Fsp3) is 0.250. The minimum absolute atomic E-state index is 0.0199. The van der Waals surface area contributed by atoms with Gasteiger partial charge in [0.1, 0.15) is 11.9 Å². The molecule has 3 aromatic rings. The number of benzene rings is 2. The Balaban J connectivity index is 1.88. The van der Waals surface area contributed by atoms with Crippen LogP contribution in [-0.4, -0.2) is 16.9 Å². The van der Waals surface area contributed by atoms with Gasteiger partial charge in [0.2, 0.25) is 0 Å². The molecule has 2 heterocycles. The summed E-state index contributed by atoms with van der Waals surface area (Å²) in [7, 11) is 1.69. The van der Waals surface area contributed by atoms with Crippen LogP contribution in [0.5, 0.6) is 5.75 Å². The third kappa shape index (κ3) is 2.26. The molecule has 0 fully saturated rings. The van der Waals surface area contributed by atoms with Gasteiger partial charge in [-0.3, -0.25) is 0 Å². The van der Waals surface area contributed by atoms with E-state index >= 15 is 0 Å². The molecule has 4 rings (SSSR count). The third-order valence-corrected chi connectivity index (χ3v) is 4.57. The summed E-state index contributed by atoms with van der Waals surface area (Å²) in [6.45, 7) is 6.33. The first-order chi connectivity index (χ1) is 11.6. The van der Waals surface area contributed by atoms with Gasteiger partial charge in [0, 0.05) is 11.3 Å². The molecule has 1 unspecified atom stereocenters. The number of anilines is 1. The van der Waals surface area contributed by atoms with Gasteiger partial charge in [-0.05, 0) is 56.2 Å². The second-order valence-corrected chi connectivity index (χ2v) is 6.44. The van der Waals surface area contributed by atoms with Crippen LogP contribution in [0.1, 0.15) is 28.6 Å². The van der Waals surface area contributed by atoms with Gasteiger partial charge in [-0.2, -0.15) is 5.10 Å². The first kappa shape index (κ1) is 14.8. The molecule has 0 saturated heterocycles. The van der Waals surface area contributed by atoms with Crippen LogP contribution in [0.25, 0.3) is 11.3 Å². The van der Waals surface area contributed by atoms with E-state index in [0.29, 0.717) is 0 Å². The number of ether oxygens (including phenoxy) is 1. The molecular formula is C20H21N3O. The van der Waals surface area contributed by atoms with Crippen molar-refractivity contribution in [3.8, 4) is 17.0 Å². The average molecular weight is 319 g/mol. The monoisotopic (exact) mass is 319 g/mol. The predicted octanol–water partition coefficient (Wildman–Crippen LogP) is 4.46. The Morgan fingerprint density at radius 1 is 1.04 bits per heavy atom. The molecule has 0 radical (unpaired) electrons. The van der Waals surface area contributed by atoms with Crippen molar-refractivity contribution in [2.45, 2.75) is 26.9 Å². The van der Waals surface area contributed by atoms with Crippen LogP contribution >= 0.6 is 0 Å². The number of methoxy groups -OCH3 is 1. The number of hydrogen-bond acceptors (Lipinski definition) is 3. The zero-order chi connectivity index (χ0) is 16.8. The van der Waals surface area contributed by atoms with Crippen molar-refractivity contribution in [3.05, 3.63) is 64.8 Å². The van der Waals surface area contributed by atoms with E-state index in [1.165, 1.54) is 22.4 Å². The minimum Gasteiger partial charge on any atom is -0.497 e. The van der Waals surface area contributed by atoms with Crippen LogP contribution in [0.4, 0.5) is 5.69 Å². The molecule has 0 aliphatic carbocycles. The molecule has 0 bridgehead atoms. The SMILES string of the molecule is COc1ccc(C2Nc3c(C)cc(C)cc3-c3cc(C)nn32)cc1. The second kappa shape index (κ2) is 5.41. The van der Waals surface area contributed by atoms with Gasteiger partial charge >= 0.3 is 0 Å². The Bertz CT molecular complexity index is 909. The van der Waals surface area contributed by atoms with Crippen molar-refractivity contribution in [2.24, 2.45) is 0 Å². The largest absolute Gasteiger partial charge is 0.497 e. The fourth-order valence-electron chi connectivity index (χ4n) is 3.48. The van der Waals surface area contributed by atoms with E-state index in [1.807, 2.05) is 19.1 Å². The van der Waals surface area contributed by atoms with E-state index in [4.69, 9.17) is 9.84 Å². The molecule has 2 aromatic carbocycles. The second-order valence-electron chi connectivity index (χ2n) is 6.44. The van der Waals surface area contributed by atoms with Crippen molar-refractivity contribution in [1.82, 2.24) is 9.78 Å². The molecule has 4 heteroatoms. The van der Waals surface area contributed by atoms with Crippen LogP contribution in [0.15, 0.2) is 42.5 Å². The molecule has 24 heavy (non-hydrogen) atoms. The Kier molecular flexibility index (Phi) is 3.34. The van der Waals surface area contributed by atoms with Gasteiger partial charge in [-0.1, -0.05) is 23.8 Å². The summed E-state index contributed by atoms with van der Waals surface area (Å²) in [5.74, 6) is 0.860. The lowest BCUT2D eigenvalue weighted by Crippen LogP contribution is -2.26. The molecule has 122 valence electrons. The van der Waals surface area contributed by atoms with E-state index in [-0.39, 0.29) is 6.17 Å². The summed E-state index contributed by atoms with van der Waals surface area (Å²) in [5.41, 5.74) is 8.28.